The van der Waals surface area contributed by atoms with Gasteiger partial charge < -0.3 is 45.0 Å². The maximum atomic E-state index is 14.0. The molecule has 5 N–H and O–H groups in total. The number of methoxy groups -OCH3 is 1. The van der Waals surface area contributed by atoms with Gasteiger partial charge >= 0.3 is 12.2 Å². The number of ether oxygens (including phenoxy) is 2. The van der Waals surface area contributed by atoms with Crippen LogP contribution in [-0.2, 0) is 20.9 Å². The van der Waals surface area contributed by atoms with Gasteiger partial charge in [0.05, 0.1) is 42.1 Å². The van der Waals surface area contributed by atoms with E-state index in [9.17, 15) is 24.3 Å². The van der Waals surface area contributed by atoms with Gasteiger partial charge in [-0.1, -0.05) is 45.9 Å². The van der Waals surface area contributed by atoms with Gasteiger partial charge in [0.2, 0.25) is 11.8 Å². The molecule has 2 aromatic heterocycles. The Morgan fingerprint density at radius 1 is 0.831 bits per heavy atom. The van der Waals surface area contributed by atoms with Gasteiger partial charge in [0, 0.05) is 23.0 Å². The summed E-state index contributed by atoms with van der Waals surface area (Å²) in [6, 6.07) is 12.3. The van der Waals surface area contributed by atoms with Crippen molar-refractivity contribution in [2.75, 3.05) is 7.11 Å². The molecule has 2 fully saturated rings. The van der Waals surface area contributed by atoms with Crippen LogP contribution in [0.25, 0.3) is 44.2 Å². The summed E-state index contributed by atoms with van der Waals surface area (Å²) in [5.74, 6) is 1.40. The minimum Gasteiger partial charge on any atom is -0.488 e. The molecule has 310 valence electrons. The Bertz CT molecular complexity index is 2460. The van der Waals surface area contributed by atoms with Crippen molar-refractivity contribution in [3.8, 4) is 28.1 Å². The minimum atomic E-state index is -1.22. The van der Waals surface area contributed by atoms with Crippen molar-refractivity contribution >= 4 is 45.8 Å². The van der Waals surface area contributed by atoms with Crippen molar-refractivity contribution in [2.45, 2.75) is 110 Å². The number of likely N-dealkylation sites (tertiary alicyclic amines) is 2. The van der Waals surface area contributed by atoms with Crippen LogP contribution in [0.2, 0.25) is 0 Å². The molecule has 5 heterocycles. The highest BCUT2D eigenvalue weighted by molar-refractivity contribution is 6.07. The van der Waals surface area contributed by atoms with Crippen LogP contribution in [0, 0.1) is 11.8 Å². The number of hydrogen-bond acceptors (Lipinski definition) is 8. The second kappa shape index (κ2) is 15.6. The molecule has 0 bridgehead atoms. The molecular weight excluding hydrogens is 753 g/mol. The lowest BCUT2D eigenvalue weighted by Crippen LogP contribution is -2.52. The number of carbonyl (C=O) groups excluding carboxylic acids is 3. The number of imidazole rings is 2. The largest absolute Gasteiger partial charge is 0.488 e. The first-order valence-electron chi connectivity index (χ1n) is 20.5. The van der Waals surface area contributed by atoms with Gasteiger partial charge in [0.15, 0.2) is 0 Å². The number of aromatic nitrogens is 4. The van der Waals surface area contributed by atoms with Crippen molar-refractivity contribution in [2.24, 2.45) is 11.8 Å². The molecule has 0 unspecified atom stereocenters. The van der Waals surface area contributed by atoms with Crippen LogP contribution in [0.5, 0.6) is 5.75 Å². The number of fused-ring (bicyclic) bond motifs is 6. The number of alkyl carbamates (subject to hydrolysis) is 1. The second-order valence-corrected chi connectivity index (χ2v) is 16.9. The van der Waals surface area contributed by atoms with Gasteiger partial charge in [-0.15, -0.1) is 0 Å². The van der Waals surface area contributed by atoms with Crippen LogP contribution < -0.4 is 15.4 Å². The van der Waals surface area contributed by atoms with Gasteiger partial charge in [0.25, 0.3) is 0 Å². The summed E-state index contributed by atoms with van der Waals surface area (Å²) in [6.45, 7) is 11.9. The van der Waals surface area contributed by atoms with Gasteiger partial charge in [-0.25, -0.2) is 19.6 Å². The van der Waals surface area contributed by atoms with Gasteiger partial charge in [-0.2, -0.15) is 0 Å². The number of carbonyl (C=O) groups is 4. The Kier molecular flexibility index (Phi) is 10.5. The molecule has 6 atom stereocenters. The van der Waals surface area contributed by atoms with Crippen molar-refractivity contribution in [3.05, 3.63) is 65.9 Å². The van der Waals surface area contributed by atoms with E-state index < -0.39 is 24.3 Å². The Morgan fingerprint density at radius 3 is 2.14 bits per heavy atom. The molecule has 8 rings (SSSR count). The normalized spacial score (nSPS) is 21.0. The third-order valence-corrected chi connectivity index (χ3v) is 12.4. The number of aromatic amines is 2. The summed E-state index contributed by atoms with van der Waals surface area (Å²) < 4.78 is 11.2. The number of carboxylic acid groups (broad SMARTS) is 1. The number of nitrogens with one attached hydrogen (secondary N) is 4. The van der Waals surface area contributed by atoms with Crippen LogP contribution in [0.4, 0.5) is 9.59 Å². The molecule has 59 heavy (non-hydrogen) atoms. The van der Waals surface area contributed by atoms with Crippen molar-refractivity contribution in [3.63, 3.8) is 0 Å². The highest BCUT2D eigenvalue weighted by atomic mass is 16.5. The molecule has 0 spiro atoms. The molecule has 3 aromatic carbocycles. The smallest absolute Gasteiger partial charge is 0.407 e. The fourth-order valence-corrected chi connectivity index (χ4v) is 9.21. The zero-order valence-electron chi connectivity index (χ0n) is 34.5. The Morgan fingerprint density at radius 2 is 1.49 bits per heavy atom. The van der Waals surface area contributed by atoms with Crippen molar-refractivity contribution in [1.29, 1.82) is 0 Å². The van der Waals surface area contributed by atoms with E-state index in [0.29, 0.717) is 18.3 Å². The standard InChI is InChI=1S/C44H52N8O7/c1-21(2)36(49-43(55)56)41(53)51-23(5)8-14-33(51)39-45-19-32(47-39)26-10-12-28-27(16-26)20-59-35-18-29-25(17-30(28)35)11-13-31-38(29)48-40(46-31)34-15-9-24(6)52(34)42(54)37(22(3)4)50-44(57)58-7/h10-13,16-19,21-24,33-34,36-37,49H,8-9,14-15,20H2,1-7H3,(H,45,47)(H,46,48)(H,50,57)(H,55,56)/t23-,24-,33-,34-,36-,37-/m0/s1. The fraction of sp³-hybridized carbons (Fsp3) is 0.455. The Hall–Kier alpha value is -6.12. The van der Waals surface area contributed by atoms with Crippen LogP contribution >= 0.6 is 0 Å². The van der Waals surface area contributed by atoms with E-state index >= 15 is 0 Å². The fourth-order valence-electron chi connectivity index (χ4n) is 9.21. The number of rotatable bonds is 9. The van der Waals surface area contributed by atoms with Gasteiger partial charge in [-0.05, 0) is 97.7 Å². The predicted molar refractivity (Wildman–Crippen MR) is 221 cm³/mol. The average Bonchev–Trinajstić information content (AvgIpc) is 4.03. The maximum absolute atomic E-state index is 14.0. The molecule has 0 aliphatic carbocycles. The van der Waals surface area contributed by atoms with Crippen LogP contribution in [0.15, 0.2) is 48.7 Å². The van der Waals surface area contributed by atoms with Crippen LogP contribution in [-0.4, -0.2) is 90.1 Å². The lowest BCUT2D eigenvalue weighted by atomic mass is 9.92. The molecule has 3 aliphatic heterocycles. The molecule has 4 amide bonds. The van der Waals surface area contributed by atoms with E-state index in [1.54, 1.807) is 11.1 Å². The summed E-state index contributed by atoms with van der Waals surface area (Å²) in [7, 11) is 1.29. The van der Waals surface area contributed by atoms with E-state index in [1.807, 2.05) is 52.5 Å². The molecular formula is C44H52N8O7. The summed E-state index contributed by atoms with van der Waals surface area (Å²) in [6.07, 6.45) is 3.00. The molecule has 0 radical (unpaired) electrons. The summed E-state index contributed by atoms with van der Waals surface area (Å²) in [5.41, 5.74) is 6.51. The number of benzene rings is 3. The lowest BCUT2D eigenvalue weighted by molar-refractivity contribution is -0.138. The number of amides is 4. The topological polar surface area (TPSA) is 195 Å². The molecule has 5 aromatic rings. The predicted octanol–water partition coefficient (Wildman–Crippen LogP) is 7.44. The van der Waals surface area contributed by atoms with E-state index in [1.165, 1.54) is 7.11 Å². The van der Waals surface area contributed by atoms with E-state index in [4.69, 9.17) is 19.4 Å². The SMILES string of the molecule is COC(=O)N[C@H](C(=O)N1[C@@H](C)CC[C@H]1c1nc2ccc3cc4c(cc3c2[nH]1)OCc1cc(-c2cnc([C@@H]3CC[C@H](C)N3C(=O)[C@@H](NC(=O)O)C(C)C)[nH]2)ccc1-4)C(C)C. The average molecular weight is 805 g/mol. The third kappa shape index (κ3) is 7.20. The number of hydrogen-bond donors (Lipinski definition) is 5. The van der Waals surface area contributed by atoms with Gasteiger partial charge in [0.1, 0.15) is 36.1 Å². The number of nitrogens with zero attached hydrogens (tertiary/aromatic N) is 4. The third-order valence-electron chi connectivity index (χ3n) is 12.4. The molecule has 15 nitrogen and oxygen atoms in total. The summed E-state index contributed by atoms with van der Waals surface area (Å²) >= 11 is 0. The second-order valence-electron chi connectivity index (χ2n) is 16.9. The van der Waals surface area contributed by atoms with Crippen molar-refractivity contribution < 1.29 is 33.8 Å². The minimum absolute atomic E-state index is 0.0288. The lowest BCUT2D eigenvalue weighted by Gasteiger charge is -2.32. The summed E-state index contributed by atoms with van der Waals surface area (Å²) in [4.78, 5) is 71.7. The van der Waals surface area contributed by atoms with Crippen LogP contribution in [0.3, 0.4) is 0 Å². The first-order valence-corrected chi connectivity index (χ1v) is 20.5. The highest BCUT2D eigenvalue weighted by Gasteiger charge is 2.43. The zero-order chi connectivity index (χ0) is 41.9. The van der Waals surface area contributed by atoms with E-state index in [-0.39, 0.29) is 47.8 Å². The Balaban J connectivity index is 1.05. The van der Waals surface area contributed by atoms with E-state index in [2.05, 4.69) is 57.0 Å². The van der Waals surface area contributed by atoms with Crippen LogP contribution in [0.1, 0.15) is 96.5 Å². The maximum Gasteiger partial charge on any atom is 0.407 e. The van der Waals surface area contributed by atoms with Crippen molar-refractivity contribution in [1.82, 2.24) is 40.4 Å². The monoisotopic (exact) mass is 804 g/mol. The molecule has 0 saturated carbocycles. The molecule has 3 aliphatic rings. The summed E-state index contributed by atoms with van der Waals surface area (Å²) in [5, 5.41) is 16.5. The molecule has 2 saturated heterocycles. The zero-order valence-corrected chi connectivity index (χ0v) is 34.5. The van der Waals surface area contributed by atoms with Gasteiger partial charge in [-0.3, -0.25) is 9.59 Å². The first-order chi connectivity index (χ1) is 28.2. The quantitative estimate of drug-likeness (QED) is 0.101. The highest BCUT2D eigenvalue weighted by Crippen LogP contribution is 2.44. The van der Waals surface area contributed by atoms with E-state index in [0.717, 1.165) is 81.2 Å². The Labute approximate surface area is 342 Å². The molecule has 15 heteroatoms. The first kappa shape index (κ1) is 39.7. The number of H-pyrrole nitrogens is 2.